The van der Waals surface area contributed by atoms with E-state index in [1.165, 1.54) is 0 Å². The third kappa shape index (κ3) is 2.59. The molecule has 7 nitrogen and oxygen atoms in total. The van der Waals surface area contributed by atoms with Crippen molar-refractivity contribution in [1.82, 2.24) is 19.2 Å². The molecule has 0 aromatic carbocycles. The van der Waals surface area contributed by atoms with E-state index in [9.17, 15) is 14.7 Å². The summed E-state index contributed by atoms with van der Waals surface area (Å²) in [7, 11) is 1.75. The van der Waals surface area contributed by atoms with Gasteiger partial charge in [0.05, 0.1) is 17.2 Å². The first-order valence-corrected chi connectivity index (χ1v) is 8.64. The van der Waals surface area contributed by atoms with Crippen LogP contribution >= 0.6 is 0 Å². The van der Waals surface area contributed by atoms with E-state index in [4.69, 9.17) is 0 Å². The Morgan fingerprint density at radius 1 is 1.36 bits per heavy atom. The summed E-state index contributed by atoms with van der Waals surface area (Å²) in [5, 5.41) is 9.54. The molecule has 0 radical (unpaired) electrons. The molecule has 2 aliphatic heterocycles. The number of hydrogen-bond donors (Lipinski definition) is 1. The van der Waals surface area contributed by atoms with Gasteiger partial charge in [-0.1, -0.05) is 6.07 Å². The number of pyridine rings is 1. The third-order valence-electron chi connectivity index (χ3n) is 5.89. The molecule has 132 valence electrons. The summed E-state index contributed by atoms with van der Waals surface area (Å²) in [6.07, 6.45) is 5.52. The number of piperidine rings is 1. The summed E-state index contributed by atoms with van der Waals surface area (Å²) < 4.78 is 2.00. The molecule has 1 amide bonds. The van der Waals surface area contributed by atoms with Gasteiger partial charge < -0.3 is 14.4 Å². The smallest absolute Gasteiger partial charge is 0.309 e. The van der Waals surface area contributed by atoms with Crippen molar-refractivity contribution >= 4 is 17.5 Å². The first kappa shape index (κ1) is 16.1. The fraction of sp³-hybridized carbons (Fsp3) is 0.500. The summed E-state index contributed by atoms with van der Waals surface area (Å²) >= 11 is 0. The number of carbonyl (C=O) groups excluding carboxylic acids is 1. The van der Waals surface area contributed by atoms with Gasteiger partial charge in [-0.05, 0) is 25.0 Å². The minimum atomic E-state index is -0.855. The Bertz CT molecular complexity index is 790. The maximum absolute atomic E-state index is 12.1. The number of nitrogens with zero attached hydrogens (tertiary/aromatic N) is 4. The average Bonchev–Trinajstić information content (AvgIpc) is 3.11. The van der Waals surface area contributed by atoms with Gasteiger partial charge >= 0.3 is 5.97 Å². The second kappa shape index (κ2) is 5.84. The molecule has 0 saturated carbocycles. The largest absolute Gasteiger partial charge is 0.481 e. The number of likely N-dealkylation sites (tertiary alicyclic amines) is 2. The zero-order valence-electron chi connectivity index (χ0n) is 14.3. The van der Waals surface area contributed by atoms with Crippen molar-refractivity contribution in [3.8, 4) is 0 Å². The van der Waals surface area contributed by atoms with Crippen LogP contribution < -0.4 is 0 Å². The summed E-state index contributed by atoms with van der Waals surface area (Å²) in [5.74, 6) is -1.50. The van der Waals surface area contributed by atoms with Crippen LogP contribution in [0.25, 0.3) is 5.65 Å². The molecule has 4 heterocycles. The van der Waals surface area contributed by atoms with E-state index in [0.717, 1.165) is 31.0 Å². The van der Waals surface area contributed by atoms with Crippen molar-refractivity contribution in [3.63, 3.8) is 0 Å². The Labute approximate surface area is 145 Å². The molecule has 0 unspecified atom stereocenters. The molecule has 2 saturated heterocycles. The van der Waals surface area contributed by atoms with Gasteiger partial charge in [0.2, 0.25) is 5.91 Å². The zero-order chi connectivity index (χ0) is 17.6. The lowest BCUT2D eigenvalue weighted by atomic mass is 9.77. The number of amides is 1. The first-order chi connectivity index (χ1) is 12.0. The van der Waals surface area contributed by atoms with Crippen molar-refractivity contribution in [3.05, 3.63) is 36.3 Å². The average molecular weight is 342 g/mol. The van der Waals surface area contributed by atoms with Crippen LogP contribution in [0.2, 0.25) is 0 Å². The maximum atomic E-state index is 12.1. The lowest BCUT2D eigenvalue weighted by Gasteiger charge is -2.45. The monoisotopic (exact) mass is 342 g/mol. The molecule has 25 heavy (non-hydrogen) atoms. The van der Waals surface area contributed by atoms with E-state index in [0.29, 0.717) is 12.8 Å². The van der Waals surface area contributed by atoms with Crippen molar-refractivity contribution < 1.29 is 14.7 Å². The molecular weight excluding hydrogens is 320 g/mol. The number of hydrogen-bond acceptors (Lipinski definition) is 4. The molecule has 1 N–H and O–H groups in total. The van der Waals surface area contributed by atoms with Crippen molar-refractivity contribution in [2.45, 2.75) is 31.3 Å². The highest BCUT2D eigenvalue weighted by atomic mass is 16.4. The SMILES string of the molecule is CN1C(=O)C[C@H](C(=O)O)C12CCN(Cc1cn3ccccc3n1)CC2. The van der Waals surface area contributed by atoms with E-state index >= 15 is 0 Å². The molecular formula is C18H22N4O3. The Hall–Kier alpha value is -2.41. The molecule has 1 spiro atoms. The van der Waals surface area contributed by atoms with Gasteiger partial charge in [0.25, 0.3) is 0 Å². The highest BCUT2D eigenvalue weighted by molar-refractivity contribution is 5.88. The third-order valence-corrected chi connectivity index (χ3v) is 5.89. The van der Waals surface area contributed by atoms with Gasteiger partial charge in [-0.25, -0.2) is 4.98 Å². The van der Waals surface area contributed by atoms with Gasteiger partial charge in [-0.3, -0.25) is 14.5 Å². The number of aliphatic carboxylic acids is 1. The van der Waals surface area contributed by atoms with Crippen molar-refractivity contribution in [1.29, 1.82) is 0 Å². The van der Waals surface area contributed by atoms with Crippen LogP contribution in [0.4, 0.5) is 0 Å². The van der Waals surface area contributed by atoms with Crippen LogP contribution in [-0.4, -0.2) is 61.8 Å². The van der Waals surface area contributed by atoms with E-state index in [2.05, 4.69) is 9.88 Å². The molecule has 7 heteroatoms. The standard InChI is InChI=1S/C18H22N4O3/c1-20-16(23)10-14(17(24)25)18(20)5-8-21(9-6-18)11-13-12-22-7-3-2-4-15(22)19-13/h2-4,7,12,14H,5-6,8-11H2,1H3,(H,24,25)/t14-/m1/s1. The molecule has 4 rings (SSSR count). The molecule has 2 aliphatic rings. The van der Waals surface area contributed by atoms with Crippen LogP contribution in [0.1, 0.15) is 25.0 Å². The number of fused-ring (bicyclic) bond motifs is 1. The second-order valence-corrected chi connectivity index (χ2v) is 7.13. The predicted octanol–water partition coefficient (Wildman–Crippen LogP) is 1.23. The van der Waals surface area contributed by atoms with Gasteiger partial charge in [0, 0.05) is 45.5 Å². The van der Waals surface area contributed by atoms with Gasteiger partial charge in [-0.15, -0.1) is 0 Å². The minimum absolute atomic E-state index is 0.0544. The van der Waals surface area contributed by atoms with Crippen LogP contribution in [0.15, 0.2) is 30.6 Å². The van der Waals surface area contributed by atoms with Crippen LogP contribution in [0, 0.1) is 5.92 Å². The Morgan fingerprint density at radius 2 is 2.12 bits per heavy atom. The summed E-state index contributed by atoms with van der Waals surface area (Å²) in [5.41, 5.74) is 1.41. The van der Waals surface area contributed by atoms with Crippen LogP contribution in [0.5, 0.6) is 0 Å². The van der Waals surface area contributed by atoms with Gasteiger partial charge in [-0.2, -0.15) is 0 Å². The molecule has 0 aliphatic carbocycles. The normalized spacial score (nSPS) is 23.6. The zero-order valence-corrected chi connectivity index (χ0v) is 14.3. The van der Waals surface area contributed by atoms with Crippen molar-refractivity contribution in [2.75, 3.05) is 20.1 Å². The highest BCUT2D eigenvalue weighted by Crippen LogP contribution is 2.42. The molecule has 2 fully saturated rings. The molecule has 1 atom stereocenters. The van der Waals surface area contributed by atoms with E-state index in [1.54, 1.807) is 11.9 Å². The van der Waals surface area contributed by atoms with E-state index < -0.39 is 17.4 Å². The fourth-order valence-corrected chi connectivity index (χ4v) is 4.38. The number of carboxylic acids is 1. The Kier molecular flexibility index (Phi) is 3.76. The lowest BCUT2D eigenvalue weighted by molar-refractivity contribution is -0.146. The number of carboxylic acid groups (broad SMARTS) is 1. The molecule has 0 bridgehead atoms. The highest BCUT2D eigenvalue weighted by Gasteiger charge is 2.55. The van der Waals surface area contributed by atoms with E-state index in [1.807, 2.05) is 35.0 Å². The quantitative estimate of drug-likeness (QED) is 0.908. The Balaban J connectivity index is 1.47. The lowest BCUT2D eigenvalue weighted by Crippen LogP contribution is -2.55. The topological polar surface area (TPSA) is 78.2 Å². The maximum Gasteiger partial charge on any atom is 0.309 e. The fourth-order valence-electron chi connectivity index (χ4n) is 4.38. The number of carbonyl (C=O) groups is 2. The molecule has 2 aromatic rings. The number of aromatic nitrogens is 2. The predicted molar refractivity (Wildman–Crippen MR) is 90.9 cm³/mol. The van der Waals surface area contributed by atoms with Gasteiger partial charge in [0.15, 0.2) is 0 Å². The Morgan fingerprint density at radius 3 is 2.80 bits per heavy atom. The first-order valence-electron chi connectivity index (χ1n) is 8.64. The summed E-state index contributed by atoms with van der Waals surface area (Å²) in [4.78, 5) is 32.3. The van der Waals surface area contributed by atoms with Crippen LogP contribution in [0.3, 0.4) is 0 Å². The van der Waals surface area contributed by atoms with E-state index in [-0.39, 0.29) is 12.3 Å². The minimum Gasteiger partial charge on any atom is -0.481 e. The molecule has 2 aromatic heterocycles. The number of imidazole rings is 1. The number of rotatable bonds is 3. The van der Waals surface area contributed by atoms with Crippen molar-refractivity contribution in [2.24, 2.45) is 5.92 Å². The second-order valence-electron chi connectivity index (χ2n) is 7.13. The van der Waals surface area contributed by atoms with Crippen LogP contribution in [-0.2, 0) is 16.1 Å². The van der Waals surface area contributed by atoms with Gasteiger partial charge in [0.1, 0.15) is 5.65 Å². The summed E-state index contributed by atoms with van der Waals surface area (Å²) in [6, 6.07) is 5.92. The summed E-state index contributed by atoms with van der Waals surface area (Å²) in [6.45, 7) is 2.29.